The molecule has 0 aliphatic heterocycles. The van der Waals surface area contributed by atoms with Crippen molar-refractivity contribution in [2.45, 2.75) is 26.2 Å². The van der Waals surface area contributed by atoms with Gasteiger partial charge in [-0.3, -0.25) is 4.79 Å². The van der Waals surface area contributed by atoms with E-state index in [1.54, 1.807) is 6.20 Å². The van der Waals surface area contributed by atoms with E-state index in [1.807, 2.05) is 26.0 Å². The number of hydrogen-bond donors (Lipinski definition) is 4. The minimum Gasteiger partial charge on any atom is -0.481 e. The van der Waals surface area contributed by atoms with E-state index < -0.39 is 11.9 Å². The number of rotatable bonds is 9. The van der Waals surface area contributed by atoms with E-state index in [-0.39, 0.29) is 11.8 Å². The molecule has 0 saturated carbocycles. The van der Waals surface area contributed by atoms with Gasteiger partial charge in [0.1, 0.15) is 5.82 Å². The van der Waals surface area contributed by atoms with Crippen LogP contribution in [0.5, 0.6) is 0 Å². The molecule has 9 heteroatoms. The molecule has 0 amide bonds. The number of carbonyl (C=O) groups is 1. The van der Waals surface area contributed by atoms with Crippen LogP contribution in [0.25, 0.3) is 0 Å². The summed E-state index contributed by atoms with van der Waals surface area (Å²) in [6.45, 7) is 4.93. The molecule has 0 radical (unpaired) electrons. The van der Waals surface area contributed by atoms with Crippen LogP contribution < -0.4 is 11.1 Å². The molecule has 2 atom stereocenters. The van der Waals surface area contributed by atoms with Gasteiger partial charge in [0.2, 0.25) is 0 Å². The van der Waals surface area contributed by atoms with Crippen LogP contribution >= 0.6 is 0 Å². The lowest BCUT2D eigenvalue weighted by Gasteiger charge is -2.24. The normalized spacial score (nSPS) is 13.7. The average molecular weight is 333 g/mol. The number of nitrogens with two attached hydrogens (primary N) is 1. The zero-order valence-corrected chi connectivity index (χ0v) is 13.8. The number of carboxylic acid groups (broad SMARTS) is 1. The van der Waals surface area contributed by atoms with E-state index in [1.165, 1.54) is 0 Å². The SMILES string of the molecule is CC(C)C(C(=O)O)[C@H](Cc1ccc(NCCN)nc1)c1nn[nH]n1. The van der Waals surface area contributed by atoms with E-state index in [0.29, 0.717) is 25.3 Å². The fourth-order valence-corrected chi connectivity index (χ4v) is 2.73. The Labute approximate surface area is 140 Å². The number of aromatic nitrogens is 5. The van der Waals surface area contributed by atoms with Crippen LogP contribution in [-0.2, 0) is 11.2 Å². The highest BCUT2D eigenvalue weighted by Crippen LogP contribution is 2.31. The predicted octanol–water partition coefficient (Wildman–Crippen LogP) is 0.648. The molecule has 2 aromatic heterocycles. The summed E-state index contributed by atoms with van der Waals surface area (Å²) in [6.07, 6.45) is 2.20. The fraction of sp³-hybridized carbons (Fsp3) is 0.533. The summed E-state index contributed by atoms with van der Waals surface area (Å²) in [5, 5.41) is 26.7. The van der Waals surface area contributed by atoms with Crippen LogP contribution in [0.2, 0.25) is 0 Å². The number of anilines is 1. The van der Waals surface area contributed by atoms with Crippen LogP contribution in [-0.4, -0.2) is 49.8 Å². The van der Waals surface area contributed by atoms with Gasteiger partial charge in [0, 0.05) is 25.2 Å². The molecule has 0 saturated heterocycles. The third kappa shape index (κ3) is 4.48. The van der Waals surface area contributed by atoms with Gasteiger partial charge in [-0.15, -0.1) is 10.2 Å². The predicted molar refractivity (Wildman–Crippen MR) is 88.4 cm³/mol. The standard InChI is InChI=1S/C15H23N7O2/c1-9(2)13(15(23)24)11(14-19-21-22-20-14)7-10-3-4-12(18-8-10)17-6-5-16/h3-4,8-9,11,13H,5-7,16H2,1-2H3,(H,17,18)(H,23,24)(H,19,20,21,22)/t11-,13?/m0/s1. The van der Waals surface area contributed by atoms with Gasteiger partial charge in [0.15, 0.2) is 5.82 Å². The van der Waals surface area contributed by atoms with Gasteiger partial charge in [-0.25, -0.2) is 4.98 Å². The minimum atomic E-state index is -0.867. The topological polar surface area (TPSA) is 143 Å². The fourth-order valence-electron chi connectivity index (χ4n) is 2.73. The monoisotopic (exact) mass is 333 g/mol. The van der Waals surface area contributed by atoms with E-state index in [2.05, 4.69) is 30.9 Å². The number of aromatic amines is 1. The number of hydrogen-bond acceptors (Lipinski definition) is 7. The average Bonchev–Trinajstić information content (AvgIpc) is 3.07. The van der Waals surface area contributed by atoms with Crippen molar-refractivity contribution in [1.29, 1.82) is 0 Å². The largest absolute Gasteiger partial charge is 0.481 e. The molecule has 2 aromatic rings. The van der Waals surface area contributed by atoms with Gasteiger partial charge >= 0.3 is 5.97 Å². The molecule has 130 valence electrons. The summed E-state index contributed by atoms with van der Waals surface area (Å²) < 4.78 is 0. The second-order valence-electron chi connectivity index (χ2n) is 5.96. The Balaban J connectivity index is 2.21. The molecule has 0 spiro atoms. The molecule has 0 bridgehead atoms. The summed E-state index contributed by atoms with van der Waals surface area (Å²) in [6, 6.07) is 3.77. The van der Waals surface area contributed by atoms with Crippen LogP contribution in [0.15, 0.2) is 18.3 Å². The summed E-state index contributed by atoms with van der Waals surface area (Å²) in [4.78, 5) is 16.0. The van der Waals surface area contributed by atoms with Crippen molar-refractivity contribution in [3.05, 3.63) is 29.7 Å². The first-order chi connectivity index (χ1) is 11.5. The number of nitrogens with zero attached hydrogens (tertiary/aromatic N) is 4. The second kappa shape index (κ2) is 8.34. The van der Waals surface area contributed by atoms with E-state index in [0.717, 1.165) is 11.4 Å². The molecule has 9 nitrogen and oxygen atoms in total. The van der Waals surface area contributed by atoms with Crippen molar-refractivity contribution < 1.29 is 9.90 Å². The highest BCUT2D eigenvalue weighted by molar-refractivity contribution is 5.71. The number of tetrazole rings is 1. The number of nitrogens with one attached hydrogen (secondary N) is 2. The van der Waals surface area contributed by atoms with Gasteiger partial charge in [-0.05, 0) is 24.0 Å². The Hall–Kier alpha value is -2.55. The highest BCUT2D eigenvalue weighted by atomic mass is 16.4. The maximum absolute atomic E-state index is 11.7. The number of carboxylic acids is 1. The molecule has 2 heterocycles. The highest BCUT2D eigenvalue weighted by Gasteiger charge is 2.35. The van der Waals surface area contributed by atoms with Crippen molar-refractivity contribution in [2.24, 2.45) is 17.6 Å². The van der Waals surface area contributed by atoms with Crippen LogP contribution in [0.3, 0.4) is 0 Å². The van der Waals surface area contributed by atoms with Gasteiger partial charge < -0.3 is 16.2 Å². The Morgan fingerprint density at radius 2 is 2.21 bits per heavy atom. The molecule has 1 unspecified atom stereocenters. The van der Waals surface area contributed by atoms with Crippen molar-refractivity contribution in [1.82, 2.24) is 25.6 Å². The van der Waals surface area contributed by atoms with Gasteiger partial charge in [0.25, 0.3) is 0 Å². The van der Waals surface area contributed by atoms with Crippen LogP contribution in [0.4, 0.5) is 5.82 Å². The summed E-state index contributed by atoms with van der Waals surface area (Å²) >= 11 is 0. The van der Waals surface area contributed by atoms with Crippen LogP contribution in [0.1, 0.15) is 31.2 Å². The molecule has 0 aromatic carbocycles. The quantitative estimate of drug-likeness (QED) is 0.524. The first-order valence-corrected chi connectivity index (χ1v) is 7.88. The summed E-state index contributed by atoms with van der Waals surface area (Å²) in [5.41, 5.74) is 6.36. The lowest BCUT2D eigenvalue weighted by atomic mass is 9.79. The lowest BCUT2D eigenvalue weighted by molar-refractivity contribution is -0.144. The molecule has 0 fully saturated rings. The van der Waals surface area contributed by atoms with Crippen LogP contribution in [0, 0.1) is 11.8 Å². The minimum absolute atomic E-state index is 0.0653. The third-order valence-electron chi connectivity index (χ3n) is 3.86. The van der Waals surface area contributed by atoms with Gasteiger partial charge in [-0.2, -0.15) is 5.21 Å². The van der Waals surface area contributed by atoms with Gasteiger partial charge in [0.05, 0.1) is 5.92 Å². The Morgan fingerprint density at radius 1 is 1.42 bits per heavy atom. The third-order valence-corrected chi connectivity index (χ3v) is 3.86. The summed E-state index contributed by atoms with van der Waals surface area (Å²) in [5.74, 6) is -0.789. The van der Waals surface area contributed by atoms with Gasteiger partial charge in [-0.1, -0.05) is 25.1 Å². The Kier molecular flexibility index (Phi) is 6.19. The van der Waals surface area contributed by atoms with Crippen molar-refractivity contribution in [2.75, 3.05) is 18.4 Å². The second-order valence-corrected chi connectivity index (χ2v) is 5.96. The summed E-state index contributed by atoms with van der Waals surface area (Å²) in [7, 11) is 0. The van der Waals surface area contributed by atoms with Crippen molar-refractivity contribution in [3.8, 4) is 0 Å². The molecule has 2 rings (SSSR count). The molecule has 5 N–H and O–H groups in total. The Morgan fingerprint density at radius 3 is 2.71 bits per heavy atom. The Bertz CT molecular complexity index is 628. The van der Waals surface area contributed by atoms with E-state index in [4.69, 9.17) is 5.73 Å². The first kappa shape index (κ1) is 17.8. The zero-order chi connectivity index (χ0) is 17.5. The molecular formula is C15H23N7O2. The smallest absolute Gasteiger partial charge is 0.307 e. The molecule has 0 aliphatic carbocycles. The van der Waals surface area contributed by atoms with Crippen molar-refractivity contribution in [3.63, 3.8) is 0 Å². The maximum Gasteiger partial charge on any atom is 0.307 e. The van der Waals surface area contributed by atoms with E-state index in [9.17, 15) is 9.90 Å². The van der Waals surface area contributed by atoms with E-state index >= 15 is 0 Å². The zero-order valence-electron chi connectivity index (χ0n) is 13.8. The lowest BCUT2D eigenvalue weighted by Crippen LogP contribution is -2.29. The molecule has 24 heavy (non-hydrogen) atoms. The number of aliphatic carboxylic acids is 1. The number of pyridine rings is 1. The number of H-pyrrole nitrogens is 1. The molecule has 0 aliphatic rings. The molecular weight excluding hydrogens is 310 g/mol. The maximum atomic E-state index is 11.7. The van der Waals surface area contributed by atoms with Crippen molar-refractivity contribution >= 4 is 11.8 Å². The first-order valence-electron chi connectivity index (χ1n) is 7.88.